The van der Waals surface area contributed by atoms with Gasteiger partial charge in [0.1, 0.15) is 4.21 Å². The Labute approximate surface area is 122 Å². The van der Waals surface area contributed by atoms with Crippen molar-refractivity contribution in [2.45, 2.75) is 10.8 Å². The molecule has 108 valence electrons. The molecule has 0 aliphatic carbocycles. The first-order chi connectivity index (χ1) is 9.54. The average Bonchev–Trinajstić information content (AvgIpc) is 2.87. The summed E-state index contributed by atoms with van der Waals surface area (Å²) < 4.78 is 26.5. The number of rotatable bonds is 6. The van der Waals surface area contributed by atoms with Gasteiger partial charge in [0.2, 0.25) is 0 Å². The van der Waals surface area contributed by atoms with Gasteiger partial charge in [0.15, 0.2) is 0 Å². The lowest BCUT2D eigenvalue weighted by Gasteiger charge is -2.20. The highest BCUT2D eigenvalue weighted by atomic mass is 32.2. The molecule has 3 N–H and O–H groups in total. The Morgan fingerprint density at radius 2 is 1.95 bits per heavy atom. The highest BCUT2D eigenvalue weighted by molar-refractivity contribution is 7.91. The van der Waals surface area contributed by atoms with Crippen LogP contribution in [0.25, 0.3) is 0 Å². The molecule has 0 saturated heterocycles. The maximum absolute atomic E-state index is 12.5. The van der Waals surface area contributed by atoms with Crippen molar-refractivity contribution in [3.63, 3.8) is 0 Å². The molecule has 0 aliphatic rings. The topological polar surface area (TPSA) is 83.6 Å². The van der Waals surface area contributed by atoms with Gasteiger partial charge in [-0.3, -0.25) is 0 Å². The number of nitrogens with two attached hydrogens (primary N) is 1. The first kappa shape index (κ1) is 15.0. The predicted octanol–water partition coefficient (Wildman–Crippen LogP) is 1.51. The van der Waals surface area contributed by atoms with Crippen LogP contribution in [0.1, 0.15) is 5.56 Å². The van der Waals surface area contributed by atoms with Crippen molar-refractivity contribution < 1.29 is 13.5 Å². The zero-order valence-electron chi connectivity index (χ0n) is 10.8. The second-order valence-corrected chi connectivity index (χ2v) is 7.32. The predicted molar refractivity (Wildman–Crippen MR) is 79.9 cm³/mol. The van der Waals surface area contributed by atoms with Gasteiger partial charge in [-0.25, -0.2) is 8.42 Å². The number of hydrogen-bond donors (Lipinski definition) is 2. The van der Waals surface area contributed by atoms with Crippen LogP contribution in [0.15, 0.2) is 46.0 Å². The van der Waals surface area contributed by atoms with Crippen molar-refractivity contribution >= 4 is 27.0 Å². The van der Waals surface area contributed by atoms with Crippen LogP contribution in [0.2, 0.25) is 0 Å². The van der Waals surface area contributed by atoms with Gasteiger partial charge in [0.05, 0.1) is 6.61 Å². The molecule has 0 saturated carbocycles. The number of aliphatic hydroxyl groups excluding tert-OH is 1. The largest absolute Gasteiger partial charge is 0.398 e. The number of nitrogen functional groups attached to an aromatic ring is 1. The Morgan fingerprint density at radius 3 is 2.50 bits per heavy atom. The summed E-state index contributed by atoms with van der Waals surface area (Å²) >= 11 is 1.08. The number of anilines is 1. The van der Waals surface area contributed by atoms with E-state index in [0.717, 1.165) is 16.9 Å². The first-order valence-corrected chi connectivity index (χ1v) is 8.35. The molecule has 1 aromatic heterocycles. The SMILES string of the molecule is Nc1csc(S(=O)(=O)N(CCO)Cc2ccccc2)c1. The Morgan fingerprint density at radius 1 is 1.25 bits per heavy atom. The summed E-state index contributed by atoms with van der Waals surface area (Å²) in [6, 6.07) is 10.7. The monoisotopic (exact) mass is 312 g/mol. The maximum atomic E-state index is 12.5. The first-order valence-electron chi connectivity index (χ1n) is 6.03. The van der Waals surface area contributed by atoms with E-state index in [1.807, 2.05) is 30.3 Å². The van der Waals surface area contributed by atoms with Crippen molar-refractivity contribution in [2.24, 2.45) is 0 Å². The van der Waals surface area contributed by atoms with E-state index in [9.17, 15) is 8.42 Å². The van der Waals surface area contributed by atoms with Crippen molar-refractivity contribution in [1.82, 2.24) is 4.31 Å². The average molecular weight is 312 g/mol. The van der Waals surface area contributed by atoms with E-state index >= 15 is 0 Å². The van der Waals surface area contributed by atoms with Gasteiger partial charge in [0.25, 0.3) is 10.0 Å². The van der Waals surface area contributed by atoms with Crippen LogP contribution < -0.4 is 5.73 Å². The van der Waals surface area contributed by atoms with E-state index in [1.165, 1.54) is 10.4 Å². The molecule has 1 heterocycles. The van der Waals surface area contributed by atoms with E-state index in [1.54, 1.807) is 5.38 Å². The normalized spacial score (nSPS) is 11.9. The van der Waals surface area contributed by atoms with E-state index in [0.29, 0.717) is 5.69 Å². The van der Waals surface area contributed by atoms with Crippen molar-refractivity contribution in [3.8, 4) is 0 Å². The Bertz CT molecular complexity index is 653. The number of aliphatic hydroxyl groups is 1. The van der Waals surface area contributed by atoms with Gasteiger partial charge in [-0.1, -0.05) is 30.3 Å². The van der Waals surface area contributed by atoms with Crippen molar-refractivity contribution in [3.05, 3.63) is 47.3 Å². The van der Waals surface area contributed by atoms with Crippen molar-refractivity contribution in [1.29, 1.82) is 0 Å². The molecule has 2 rings (SSSR count). The summed E-state index contributed by atoms with van der Waals surface area (Å²) in [5.41, 5.74) is 6.88. The summed E-state index contributed by atoms with van der Waals surface area (Å²) in [7, 11) is -3.63. The van der Waals surface area contributed by atoms with Crippen LogP contribution in [0.4, 0.5) is 5.69 Å². The third-order valence-electron chi connectivity index (χ3n) is 2.74. The fourth-order valence-corrected chi connectivity index (χ4v) is 4.43. The number of thiophene rings is 1. The molecule has 0 amide bonds. The summed E-state index contributed by atoms with van der Waals surface area (Å²) in [5.74, 6) is 0. The molecule has 0 bridgehead atoms. The fourth-order valence-electron chi connectivity index (χ4n) is 1.78. The number of sulfonamides is 1. The molecule has 0 atom stereocenters. The summed E-state index contributed by atoms with van der Waals surface area (Å²) in [4.78, 5) is 0. The van der Waals surface area contributed by atoms with Crippen LogP contribution in [-0.4, -0.2) is 31.0 Å². The van der Waals surface area contributed by atoms with Crippen LogP contribution in [0.5, 0.6) is 0 Å². The summed E-state index contributed by atoms with van der Waals surface area (Å²) in [6.07, 6.45) is 0. The number of benzene rings is 1. The molecular formula is C13H16N2O3S2. The summed E-state index contributed by atoms with van der Waals surface area (Å²) in [5, 5.41) is 10.7. The molecule has 0 spiro atoms. The standard InChI is InChI=1S/C13H16N2O3S2/c14-12-8-13(19-10-12)20(17,18)15(6-7-16)9-11-4-2-1-3-5-11/h1-5,8,10,16H,6-7,9,14H2. The van der Waals surface area contributed by atoms with E-state index in [4.69, 9.17) is 10.8 Å². The molecular weight excluding hydrogens is 296 g/mol. The molecule has 0 fully saturated rings. The number of hydrogen-bond acceptors (Lipinski definition) is 5. The Hall–Kier alpha value is -1.41. The molecule has 0 radical (unpaired) electrons. The third kappa shape index (κ3) is 3.37. The van der Waals surface area contributed by atoms with Crippen LogP contribution in [0, 0.1) is 0 Å². The lowest BCUT2D eigenvalue weighted by atomic mass is 10.2. The smallest absolute Gasteiger partial charge is 0.253 e. The summed E-state index contributed by atoms with van der Waals surface area (Å²) in [6.45, 7) is 0.0451. The molecule has 2 aromatic rings. The second-order valence-electron chi connectivity index (χ2n) is 4.25. The highest BCUT2D eigenvalue weighted by Gasteiger charge is 2.25. The molecule has 0 unspecified atom stereocenters. The van der Waals surface area contributed by atoms with E-state index in [2.05, 4.69) is 0 Å². The minimum atomic E-state index is -3.63. The molecule has 5 nitrogen and oxygen atoms in total. The second kappa shape index (κ2) is 6.36. The highest BCUT2D eigenvalue weighted by Crippen LogP contribution is 2.26. The Balaban J connectivity index is 2.28. The van der Waals surface area contributed by atoms with E-state index in [-0.39, 0.29) is 23.9 Å². The number of nitrogens with zero attached hydrogens (tertiary/aromatic N) is 1. The molecule has 7 heteroatoms. The third-order valence-corrected chi connectivity index (χ3v) is 6.02. The van der Waals surface area contributed by atoms with Crippen LogP contribution in [-0.2, 0) is 16.6 Å². The molecule has 20 heavy (non-hydrogen) atoms. The lowest BCUT2D eigenvalue weighted by molar-refractivity contribution is 0.251. The van der Waals surface area contributed by atoms with Crippen LogP contribution in [0.3, 0.4) is 0 Å². The van der Waals surface area contributed by atoms with Gasteiger partial charge < -0.3 is 10.8 Å². The van der Waals surface area contributed by atoms with Gasteiger partial charge >= 0.3 is 0 Å². The van der Waals surface area contributed by atoms with E-state index < -0.39 is 10.0 Å². The maximum Gasteiger partial charge on any atom is 0.253 e. The van der Waals surface area contributed by atoms with Gasteiger partial charge in [0, 0.05) is 24.2 Å². The lowest BCUT2D eigenvalue weighted by Crippen LogP contribution is -2.32. The zero-order chi connectivity index (χ0) is 14.6. The quantitative estimate of drug-likeness (QED) is 0.847. The van der Waals surface area contributed by atoms with Crippen LogP contribution >= 0.6 is 11.3 Å². The van der Waals surface area contributed by atoms with Gasteiger partial charge in [-0.05, 0) is 11.6 Å². The molecule has 0 aliphatic heterocycles. The zero-order valence-corrected chi connectivity index (χ0v) is 12.4. The van der Waals surface area contributed by atoms with Gasteiger partial charge in [-0.2, -0.15) is 4.31 Å². The minimum absolute atomic E-state index is 0.0506. The van der Waals surface area contributed by atoms with Crippen molar-refractivity contribution in [2.75, 3.05) is 18.9 Å². The van der Waals surface area contributed by atoms with Gasteiger partial charge in [-0.15, -0.1) is 11.3 Å². The molecule has 1 aromatic carbocycles. The fraction of sp³-hybridized carbons (Fsp3) is 0.231. The minimum Gasteiger partial charge on any atom is -0.398 e. The Kier molecular flexibility index (Phi) is 4.77.